The van der Waals surface area contributed by atoms with E-state index in [1.807, 2.05) is 55.5 Å². The number of nitrogens with zero attached hydrogens (tertiary/aromatic N) is 2. The molecule has 2 aliphatic rings. The number of urea groups is 1. The fraction of sp³-hybridized carbons (Fsp3) is 0.346. The van der Waals surface area contributed by atoms with Crippen molar-refractivity contribution in [1.82, 2.24) is 15.5 Å². The largest absolute Gasteiger partial charge is 0.466 e. The van der Waals surface area contributed by atoms with E-state index >= 15 is 0 Å². The van der Waals surface area contributed by atoms with Crippen LogP contribution < -0.4 is 15.5 Å². The van der Waals surface area contributed by atoms with Crippen molar-refractivity contribution >= 4 is 23.5 Å². The van der Waals surface area contributed by atoms with Gasteiger partial charge in [-0.25, -0.2) is 9.59 Å². The molecular formula is C26H30N4O4. The van der Waals surface area contributed by atoms with Gasteiger partial charge in [0.05, 0.1) is 18.7 Å². The number of ether oxygens (including phenoxy) is 1. The molecule has 0 spiro atoms. The van der Waals surface area contributed by atoms with Gasteiger partial charge in [0.25, 0.3) is 0 Å². The Hall–Kier alpha value is -3.65. The zero-order valence-electron chi connectivity index (χ0n) is 19.8. The number of anilines is 1. The van der Waals surface area contributed by atoms with E-state index in [4.69, 9.17) is 4.74 Å². The molecule has 178 valence electrons. The first-order valence-electron chi connectivity index (χ1n) is 11.4. The number of nitrogens with one attached hydrogen (secondary N) is 2. The number of esters is 1. The monoisotopic (exact) mass is 462 g/mol. The van der Waals surface area contributed by atoms with Crippen molar-refractivity contribution in [2.75, 3.05) is 44.7 Å². The molecule has 2 N–H and O–H groups in total. The zero-order valence-corrected chi connectivity index (χ0v) is 19.8. The molecule has 0 aromatic heterocycles. The summed E-state index contributed by atoms with van der Waals surface area (Å²) in [6, 6.07) is 14.5. The number of amides is 2. The number of piperazine rings is 1. The third kappa shape index (κ3) is 5.12. The molecule has 0 unspecified atom stereocenters. The molecule has 1 fully saturated rings. The van der Waals surface area contributed by atoms with Gasteiger partial charge in [0, 0.05) is 49.7 Å². The minimum absolute atomic E-state index is 0.0546. The standard InChI is InChI=1S/C26H30N4O4/c1-17-4-6-20(7-5-17)24-23(25(32)34-3)22(27-26(33)28-24)16-29-12-14-30(15-13-29)21-10-8-19(9-11-21)18(2)31/h4-11,24H,12-16H2,1-3H3,(H2,27,28,33)/t24-/m1/s1. The van der Waals surface area contributed by atoms with Gasteiger partial charge in [-0.3, -0.25) is 9.69 Å². The molecule has 2 aliphatic heterocycles. The molecule has 0 bridgehead atoms. The Balaban J connectivity index is 1.50. The number of Topliss-reactive ketones (excluding diaryl/α,β-unsaturated/α-hetero) is 1. The van der Waals surface area contributed by atoms with Crippen LogP contribution in [0, 0.1) is 6.92 Å². The van der Waals surface area contributed by atoms with Crippen molar-refractivity contribution in [3.63, 3.8) is 0 Å². The molecule has 1 saturated heterocycles. The van der Waals surface area contributed by atoms with Crippen molar-refractivity contribution < 1.29 is 19.1 Å². The van der Waals surface area contributed by atoms with E-state index in [0.29, 0.717) is 23.4 Å². The molecular weight excluding hydrogens is 432 g/mol. The Labute approximate surface area is 199 Å². The minimum Gasteiger partial charge on any atom is -0.466 e. The number of hydrogen-bond donors (Lipinski definition) is 2. The number of carbonyl (C=O) groups excluding carboxylic acids is 3. The highest BCUT2D eigenvalue weighted by Crippen LogP contribution is 2.28. The lowest BCUT2D eigenvalue weighted by Gasteiger charge is -2.38. The first kappa shape index (κ1) is 23.5. The van der Waals surface area contributed by atoms with Crippen LogP contribution in [0.1, 0.15) is 34.5 Å². The van der Waals surface area contributed by atoms with Crippen molar-refractivity contribution in [2.24, 2.45) is 0 Å². The molecule has 2 heterocycles. The predicted octanol–water partition coefficient (Wildman–Crippen LogP) is 2.80. The third-order valence-electron chi connectivity index (χ3n) is 6.36. The Morgan fingerprint density at radius 1 is 1.00 bits per heavy atom. The first-order chi connectivity index (χ1) is 16.4. The number of carbonyl (C=O) groups is 3. The van der Waals surface area contributed by atoms with Gasteiger partial charge in [-0.15, -0.1) is 0 Å². The normalized spacial score (nSPS) is 18.9. The van der Waals surface area contributed by atoms with Crippen LogP contribution in [0.3, 0.4) is 0 Å². The van der Waals surface area contributed by atoms with E-state index < -0.39 is 12.0 Å². The highest BCUT2D eigenvalue weighted by molar-refractivity contribution is 5.95. The summed E-state index contributed by atoms with van der Waals surface area (Å²) in [4.78, 5) is 41.3. The third-order valence-corrected chi connectivity index (χ3v) is 6.36. The number of hydrogen-bond acceptors (Lipinski definition) is 6. The summed E-state index contributed by atoms with van der Waals surface area (Å²) < 4.78 is 5.08. The lowest BCUT2D eigenvalue weighted by Crippen LogP contribution is -2.51. The molecule has 0 aliphatic carbocycles. The van der Waals surface area contributed by atoms with E-state index in [0.717, 1.165) is 43.0 Å². The quantitative estimate of drug-likeness (QED) is 0.507. The summed E-state index contributed by atoms with van der Waals surface area (Å²) in [5, 5.41) is 5.71. The maximum absolute atomic E-state index is 12.8. The van der Waals surface area contributed by atoms with Crippen LogP contribution in [-0.2, 0) is 9.53 Å². The van der Waals surface area contributed by atoms with E-state index in [1.165, 1.54) is 7.11 Å². The van der Waals surface area contributed by atoms with Gasteiger partial charge in [-0.1, -0.05) is 29.8 Å². The van der Waals surface area contributed by atoms with Gasteiger partial charge >= 0.3 is 12.0 Å². The fourth-order valence-corrected chi connectivity index (χ4v) is 4.40. The Bertz CT molecular complexity index is 1100. The minimum atomic E-state index is -0.571. The van der Waals surface area contributed by atoms with Crippen LogP contribution in [0.4, 0.5) is 10.5 Å². The fourth-order valence-electron chi connectivity index (χ4n) is 4.40. The van der Waals surface area contributed by atoms with Crippen molar-refractivity contribution in [2.45, 2.75) is 19.9 Å². The predicted molar refractivity (Wildman–Crippen MR) is 130 cm³/mol. The van der Waals surface area contributed by atoms with Gasteiger partial charge in [-0.05, 0) is 43.7 Å². The molecule has 2 amide bonds. The summed E-state index contributed by atoms with van der Waals surface area (Å²) >= 11 is 0. The van der Waals surface area contributed by atoms with Gasteiger partial charge in [0.2, 0.25) is 0 Å². The number of ketones is 1. The van der Waals surface area contributed by atoms with E-state index in [9.17, 15) is 14.4 Å². The second-order valence-electron chi connectivity index (χ2n) is 8.69. The summed E-state index contributed by atoms with van der Waals surface area (Å²) in [7, 11) is 1.35. The van der Waals surface area contributed by atoms with Crippen molar-refractivity contribution in [1.29, 1.82) is 0 Å². The maximum atomic E-state index is 12.8. The van der Waals surface area contributed by atoms with Crippen molar-refractivity contribution in [3.05, 3.63) is 76.5 Å². The number of rotatable bonds is 6. The van der Waals surface area contributed by atoms with Crippen LogP contribution in [0.15, 0.2) is 59.8 Å². The summed E-state index contributed by atoms with van der Waals surface area (Å²) in [6.45, 7) is 7.13. The molecule has 4 rings (SSSR count). The summed E-state index contributed by atoms with van der Waals surface area (Å²) in [5.41, 5.74) is 4.70. The lowest BCUT2D eigenvalue weighted by molar-refractivity contribution is -0.136. The summed E-state index contributed by atoms with van der Waals surface area (Å²) in [5.74, 6) is -0.406. The Morgan fingerprint density at radius 3 is 2.24 bits per heavy atom. The van der Waals surface area contributed by atoms with Gasteiger partial charge < -0.3 is 20.3 Å². The molecule has 34 heavy (non-hydrogen) atoms. The van der Waals surface area contributed by atoms with Gasteiger partial charge in [0.1, 0.15) is 0 Å². The molecule has 8 heteroatoms. The van der Waals surface area contributed by atoms with E-state index in [-0.39, 0.29) is 11.8 Å². The highest BCUT2D eigenvalue weighted by atomic mass is 16.5. The Kier molecular flexibility index (Phi) is 6.98. The van der Waals surface area contributed by atoms with Crippen LogP contribution in [-0.4, -0.2) is 62.5 Å². The smallest absolute Gasteiger partial charge is 0.338 e. The first-order valence-corrected chi connectivity index (χ1v) is 11.4. The zero-order chi connectivity index (χ0) is 24.2. The van der Waals surface area contributed by atoms with E-state index in [1.54, 1.807) is 6.92 Å². The van der Waals surface area contributed by atoms with Gasteiger partial charge in [0.15, 0.2) is 5.78 Å². The molecule has 1 atom stereocenters. The molecule has 0 radical (unpaired) electrons. The average Bonchev–Trinajstić information content (AvgIpc) is 2.84. The molecule has 0 saturated carbocycles. The van der Waals surface area contributed by atoms with Gasteiger partial charge in [-0.2, -0.15) is 0 Å². The molecule has 2 aromatic carbocycles. The molecule has 2 aromatic rings. The number of methoxy groups -OCH3 is 1. The Morgan fingerprint density at radius 2 is 1.65 bits per heavy atom. The topological polar surface area (TPSA) is 91.0 Å². The number of benzene rings is 2. The number of aryl methyl sites for hydroxylation is 1. The van der Waals surface area contributed by atoms with Crippen LogP contribution in [0.5, 0.6) is 0 Å². The lowest BCUT2D eigenvalue weighted by atomic mass is 9.94. The van der Waals surface area contributed by atoms with E-state index in [2.05, 4.69) is 20.4 Å². The highest BCUT2D eigenvalue weighted by Gasteiger charge is 2.34. The second-order valence-corrected chi connectivity index (χ2v) is 8.69. The SMILES string of the molecule is COC(=O)C1=C(CN2CCN(c3ccc(C(C)=O)cc3)CC2)NC(=O)N[C@@H]1c1ccc(C)cc1. The average molecular weight is 463 g/mol. The van der Waals surface area contributed by atoms with Crippen LogP contribution >= 0.6 is 0 Å². The van der Waals surface area contributed by atoms with Crippen LogP contribution in [0.25, 0.3) is 0 Å². The second kappa shape index (κ2) is 10.1. The maximum Gasteiger partial charge on any atom is 0.338 e. The van der Waals surface area contributed by atoms with Crippen LogP contribution in [0.2, 0.25) is 0 Å². The molecule has 8 nitrogen and oxygen atoms in total. The summed E-state index contributed by atoms with van der Waals surface area (Å²) in [6.07, 6.45) is 0. The van der Waals surface area contributed by atoms with Crippen molar-refractivity contribution in [3.8, 4) is 0 Å².